The molecule has 2 aliphatic rings. The van der Waals surface area contributed by atoms with Crippen LogP contribution in [-0.2, 0) is 10.8 Å². The van der Waals surface area contributed by atoms with Crippen molar-refractivity contribution < 1.29 is 0 Å². The average molecular weight is 934 g/mol. The number of fused-ring (bicyclic) bond motifs is 12. The number of hydrogen-bond acceptors (Lipinski definition) is 4. The zero-order valence-corrected chi connectivity index (χ0v) is 41.7. The standard InChI is InChI=1S/C65H50BN2S2/c1-38-31-50-51(65(4,5)30-29-64(50,2)3)37-54(38)68-55-34-43-19-11-10-18-42(43)33-52(55)66-61-49(36-47-46-21-13-14-22-56(46)70-63(47)62(61)68)59-53(67-45-25-23-40(24-26-45)39-15-7-6-8-16-39)27-28-57-60(59)48-32-41-17-9-12-20-44(41)35-58(48)69-57/h6-28,31-37,67H,29-30H2,1-5H3. The van der Waals surface area contributed by atoms with Crippen molar-refractivity contribution in [1.82, 2.24) is 0 Å². The Morgan fingerprint density at radius 1 is 0.514 bits per heavy atom. The van der Waals surface area contributed by atoms with Crippen molar-refractivity contribution in [3.8, 4) is 22.3 Å². The number of anilines is 5. The molecular weight excluding hydrogens is 884 g/mol. The van der Waals surface area contributed by atoms with Crippen LogP contribution in [0.25, 0.3) is 84.1 Å². The van der Waals surface area contributed by atoms with E-state index in [0.717, 1.165) is 17.8 Å². The molecule has 10 aromatic carbocycles. The van der Waals surface area contributed by atoms with E-state index in [9.17, 15) is 0 Å². The number of hydrogen-bond donors (Lipinski definition) is 1. The minimum atomic E-state index is 0.0404. The molecule has 1 aliphatic heterocycles. The van der Waals surface area contributed by atoms with E-state index in [1.54, 1.807) is 0 Å². The van der Waals surface area contributed by atoms with Gasteiger partial charge in [0.2, 0.25) is 0 Å². The minimum Gasteiger partial charge on any atom is -0.355 e. The molecule has 0 bridgehead atoms. The van der Waals surface area contributed by atoms with E-state index in [4.69, 9.17) is 0 Å². The van der Waals surface area contributed by atoms with Crippen molar-refractivity contribution in [2.75, 3.05) is 10.2 Å². The van der Waals surface area contributed by atoms with E-state index >= 15 is 0 Å². The summed E-state index contributed by atoms with van der Waals surface area (Å²) < 4.78 is 5.19. The molecule has 5 heteroatoms. The number of aryl methyl sites for hydroxylation is 1. The maximum Gasteiger partial charge on any atom is 0.197 e. The molecule has 12 aromatic rings. The Bertz CT molecular complexity index is 4140. The number of nitrogens with one attached hydrogen (secondary N) is 1. The third-order valence-electron chi connectivity index (χ3n) is 15.8. The third kappa shape index (κ3) is 6.44. The van der Waals surface area contributed by atoms with Crippen LogP contribution in [0.1, 0.15) is 57.2 Å². The van der Waals surface area contributed by atoms with Gasteiger partial charge in [-0.05, 0) is 152 Å². The summed E-state index contributed by atoms with van der Waals surface area (Å²) in [7, 11) is 2.52. The van der Waals surface area contributed by atoms with Crippen LogP contribution >= 0.6 is 22.7 Å². The highest BCUT2D eigenvalue weighted by atomic mass is 32.1. The van der Waals surface area contributed by atoms with Crippen LogP contribution in [0.5, 0.6) is 0 Å². The molecule has 3 heterocycles. The lowest BCUT2D eigenvalue weighted by atomic mass is 9.57. The molecule has 335 valence electrons. The van der Waals surface area contributed by atoms with Gasteiger partial charge in [-0.15, -0.1) is 22.7 Å². The Hall–Kier alpha value is -7.18. The number of benzene rings is 10. The summed E-state index contributed by atoms with van der Waals surface area (Å²) in [5, 5.41) is 14.2. The predicted octanol–water partition coefficient (Wildman–Crippen LogP) is 17.9. The first kappa shape index (κ1) is 41.8. The molecule has 0 atom stereocenters. The molecule has 1 N–H and O–H groups in total. The Balaban J connectivity index is 1.11. The average Bonchev–Trinajstić information content (AvgIpc) is 3.94. The third-order valence-corrected chi connectivity index (χ3v) is 18.1. The van der Waals surface area contributed by atoms with Gasteiger partial charge in [-0.3, -0.25) is 0 Å². The van der Waals surface area contributed by atoms with Gasteiger partial charge in [0.15, 0.2) is 7.28 Å². The molecule has 0 amide bonds. The van der Waals surface area contributed by atoms with E-state index in [1.165, 1.54) is 135 Å². The highest BCUT2D eigenvalue weighted by molar-refractivity contribution is 7.27. The largest absolute Gasteiger partial charge is 0.355 e. The van der Waals surface area contributed by atoms with Crippen LogP contribution in [0.2, 0.25) is 0 Å². The fourth-order valence-corrected chi connectivity index (χ4v) is 14.3. The lowest BCUT2D eigenvalue weighted by Crippen LogP contribution is -2.41. The Morgan fingerprint density at radius 3 is 1.91 bits per heavy atom. The number of thiophene rings is 2. The summed E-state index contributed by atoms with van der Waals surface area (Å²) in [6.07, 6.45) is 2.34. The van der Waals surface area contributed by atoms with Crippen molar-refractivity contribution in [2.24, 2.45) is 0 Å². The van der Waals surface area contributed by atoms with Crippen LogP contribution < -0.4 is 21.1 Å². The maximum absolute atomic E-state index is 4.05. The van der Waals surface area contributed by atoms with Gasteiger partial charge in [0.1, 0.15) is 0 Å². The quantitative estimate of drug-likeness (QED) is 0.173. The van der Waals surface area contributed by atoms with Gasteiger partial charge in [0, 0.05) is 64.0 Å². The molecule has 0 spiro atoms. The lowest BCUT2D eigenvalue weighted by molar-refractivity contribution is 0.332. The van der Waals surface area contributed by atoms with Crippen molar-refractivity contribution in [1.29, 1.82) is 0 Å². The second-order valence-corrected chi connectivity index (χ2v) is 23.2. The summed E-state index contributed by atoms with van der Waals surface area (Å²) in [6, 6.07) is 68.4. The molecule has 70 heavy (non-hydrogen) atoms. The molecule has 2 nitrogen and oxygen atoms in total. The molecule has 2 aromatic heterocycles. The van der Waals surface area contributed by atoms with Crippen LogP contribution in [0, 0.1) is 6.92 Å². The van der Waals surface area contributed by atoms with Crippen LogP contribution in [-0.4, -0.2) is 7.28 Å². The molecule has 14 rings (SSSR count). The summed E-state index contributed by atoms with van der Waals surface area (Å²) in [4.78, 5) is 2.68. The van der Waals surface area contributed by atoms with Crippen LogP contribution in [0.15, 0.2) is 182 Å². The van der Waals surface area contributed by atoms with Crippen molar-refractivity contribution >= 4 is 131 Å². The van der Waals surface area contributed by atoms with Crippen LogP contribution in [0.4, 0.5) is 28.4 Å². The van der Waals surface area contributed by atoms with E-state index in [-0.39, 0.29) is 10.8 Å². The Morgan fingerprint density at radius 2 is 1.16 bits per heavy atom. The molecule has 0 unspecified atom stereocenters. The molecule has 0 saturated heterocycles. The van der Waals surface area contributed by atoms with Gasteiger partial charge in [-0.2, -0.15) is 0 Å². The number of rotatable bonds is 5. The van der Waals surface area contributed by atoms with Gasteiger partial charge in [0.25, 0.3) is 0 Å². The Labute approximate surface area is 418 Å². The minimum absolute atomic E-state index is 0.0404. The van der Waals surface area contributed by atoms with E-state index in [0.29, 0.717) is 0 Å². The zero-order chi connectivity index (χ0) is 47.0. The first-order chi connectivity index (χ1) is 34.1. The summed E-state index contributed by atoms with van der Waals surface area (Å²) >= 11 is 3.83. The van der Waals surface area contributed by atoms with Crippen molar-refractivity contribution in [3.05, 3.63) is 199 Å². The predicted molar refractivity (Wildman–Crippen MR) is 308 cm³/mol. The summed E-state index contributed by atoms with van der Waals surface area (Å²) in [5.74, 6) is 0. The fourth-order valence-electron chi connectivity index (χ4n) is 11.9. The topological polar surface area (TPSA) is 15.3 Å². The van der Waals surface area contributed by atoms with E-state index in [1.807, 2.05) is 22.7 Å². The molecule has 1 aliphatic carbocycles. The maximum atomic E-state index is 4.05. The normalized spacial score (nSPS) is 14.8. The van der Waals surface area contributed by atoms with Gasteiger partial charge in [-0.25, -0.2) is 0 Å². The Kier molecular flexibility index (Phi) is 9.20. The van der Waals surface area contributed by atoms with Gasteiger partial charge in [0.05, 0.1) is 10.4 Å². The summed E-state index contributed by atoms with van der Waals surface area (Å²) in [6.45, 7) is 12.2. The first-order valence-electron chi connectivity index (χ1n) is 24.7. The highest BCUT2D eigenvalue weighted by Crippen LogP contribution is 2.54. The highest BCUT2D eigenvalue weighted by Gasteiger charge is 2.40. The molecular formula is C65H50BN2S2. The second-order valence-electron chi connectivity index (χ2n) is 21.1. The smallest absolute Gasteiger partial charge is 0.197 e. The fraction of sp³-hybridized carbons (Fsp3) is 0.138. The monoisotopic (exact) mass is 933 g/mol. The van der Waals surface area contributed by atoms with E-state index in [2.05, 4.69) is 234 Å². The van der Waals surface area contributed by atoms with Crippen molar-refractivity contribution in [2.45, 2.75) is 58.3 Å². The molecule has 0 fully saturated rings. The SMILES string of the molecule is Cc1cc2c(cc1N1c3cc4ccccc4cc3[B]c3c(-c4c(Nc5ccc(-c6ccccc6)cc5)ccc5sc6cc7ccccc7cc6c45)cc4c(sc5ccccc54)c31)C(C)(C)CCC2(C)C. The second kappa shape index (κ2) is 15.4. The lowest BCUT2D eigenvalue weighted by Gasteiger charge is -2.44. The van der Waals surface area contributed by atoms with Crippen molar-refractivity contribution in [3.63, 3.8) is 0 Å². The molecule has 1 radical (unpaired) electrons. The molecule has 0 saturated carbocycles. The van der Waals surface area contributed by atoms with Crippen LogP contribution in [0.3, 0.4) is 0 Å². The van der Waals surface area contributed by atoms with Gasteiger partial charge < -0.3 is 10.2 Å². The summed E-state index contributed by atoms with van der Waals surface area (Å²) in [5.41, 5.74) is 17.6. The first-order valence-corrected chi connectivity index (χ1v) is 26.3. The zero-order valence-electron chi connectivity index (χ0n) is 40.1. The van der Waals surface area contributed by atoms with Gasteiger partial charge >= 0.3 is 0 Å². The van der Waals surface area contributed by atoms with E-state index < -0.39 is 0 Å². The van der Waals surface area contributed by atoms with Gasteiger partial charge in [-0.1, -0.05) is 154 Å². The number of nitrogens with zero attached hydrogens (tertiary/aromatic N) is 1.